The lowest BCUT2D eigenvalue weighted by Gasteiger charge is -2.33. The first-order valence-corrected chi connectivity index (χ1v) is 16.0. The van der Waals surface area contributed by atoms with Crippen molar-refractivity contribution in [2.75, 3.05) is 17.1 Å². The molecule has 1 atom stereocenters. The van der Waals surface area contributed by atoms with Gasteiger partial charge < -0.3 is 10.2 Å². The predicted molar refractivity (Wildman–Crippen MR) is 159 cm³/mol. The maximum Gasteiger partial charge on any atom is 0.243 e. The molecule has 1 aliphatic carbocycles. The highest BCUT2D eigenvalue weighted by atomic mass is 32.2. The molecule has 0 heterocycles. The molecule has 4 rings (SSSR count). The predicted octanol–water partition coefficient (Wildman–Crippen LogP) is 5.07. The molecular formula is C32H38FN3O4S. The lowest BCUT2D eigenvalue weighted by Crippen LogP contribution is -2.52. The largest absolute Gasteiger partial charge is 0.352 e. The third-order valence-electron chi connectivity index (χ3n) is 7.44. The number of halogens is 1. The smallest absolute Gasteiger partial charge is 0.243 e. The van der Waals surface area contributed by atoms with Gasteiger partial charge in [0.05, 0.1) is 11.9 Å². The van der Waals surface area contributed by atoms with Crippen molar-refractivity contribution < 1.29 is 22.4 Å². The summed E-state index contributed by atoms with van der Waals surface area (Å²) < 4.78 is 40.5. The number of nitrogens with one attached hydrogen (secondary N) is 1. The number of carbonyl (C=O) groups excluding carboxylic acids is 2. The zero-order chi connectivity index (χ0) is 29.2. The average Bonchev–Trinajstić information content (AvgIpc) is 3.47. The van der Waals surface area contributed by atoms with Crippen LogP contribution in [0.5, 0.6) is 0 Å². The molecule has 1 fully saturated rings. The minimum atomic E-state index is -3.79. The normalized spacial score (nSPS) is 14.4. The van der Waals surface area contributed by atoms with Crippen LogP contribution in [0.1, 0.15) is 49.7 Å². The zero-order valence-corrected chi connectivity index (χ0v) is 24.2. The van der Waals surface area contributed by atoms with Gasteiger partial charge >= 0.3 is 0 Å². The van der Waals surface area contributed by atoms with Gasteiger partial charge in [-0.2, -0.15) is 0 Å². The molecule has 0 saturated heterocycles. The summed E-state index contributed by atoms with van der Waals surface area (Å²) >= 11 is 0. The molecule has 0 spiro atoms. The van der Waals surface area contributed by atoms with Gasteiger partial charge in [0.2, 0.25) is 21.8 Å². The summed E-state index contributed by atoms with van der Waals surface area (Å²) in [6.07, 6.45) is 5.51. The fourth-order valence-corrected chi connectivity index (χ4v) is 6.30. The Labute approximate surface area is 242 Å². The maximum atomic E-state index is 14.5. The Kier molecular flexibility index (Phi) is 10.5. The van der Waals surface area contributed by atoms with Crippen molar-refractivity contribution in [3.63, 3.8) is 0 Å². The van der Waals surface area contributed by atoms with Crippen molar-refractivity contribution in [2.24, 2.45) is 0 Å². The summed E-state index contributed by atoms with van der Waals surface area (Å²) in [5.41, 5.74) is 1.77. The molecule has 1 saturated carbocycles. The van der Waals surface area contributed by atoms with Crippen LogP contribution in [0, 0.1) is 5.82 Å². The highest BCUT2D eigenvalue weighted by Gasteiger charge is 2.32. The Balaban J connectivity index is 1.57. The number of benzene rings is 3. The number of carbonyl (C=O) groups is 2. The lowest BCUT2D eigenvalue weighted by molar-refractivity contribution is -0.141. The maximum absolute atomic E-state index is 14.5. The number of hydrogen-bond donors (Lipinski definition) is 1. The second-order valence-electron chi connectivity index (χ2n) is 10.6. The van der Waals surface area contributed by atoms with Crippen LogP contribution in [0.2, 0.25) is 0 Å². The number of sulfonamides is 1. The summed E-state index contributed by atoms with van der Waals surface area (Å²) in [4.78, 5) is 29.2. The minimum Gasteiger partial charge on any atom is -0.352 e. The van der Waals surface area contributed by atoms with E-state index in [1.54, 1.807) is 11.0 Å². The van der Waals surface area contributed by atoms with E-state index in [9.17, 15) is 22.4 Å². The van der Waals surface area contributed by atoms with E-state index in [1.165, 1.54) is 18.2 Å². The highest BCUT2D eigenvalue weighted by Crippen LogP contribution is 2.23. The Hall–Kier alpha value is -3.72. The lowest BCUT2D eigenvalue weighted by atomic mass is 10.0. The quantitative estimate of drug-likeness (QED) is 0.306. The van der Waals surface area contributed by atoms with Crippen molar-refractivity contribution in [2.45, 2.75) is 63.6 Å². The van der Waals surface area contributed by atoms with E-state index < -0.39 is 21.9 Å². The van der Waals surface area contributed by atoms with Gasteiger partial charge in [-0.1, -0.05) is 85.6 Å². The van der Waals surface area contributed by atoms with Gasteiger partial charge in [0.25, 0.3) is 0 Å². The molecule has 0 radical (unpaired) electrons. The van der Waals surface area contributed by atoms with Gasteiger partial charge in [-0.3, -0.25) is 13.9 Å². The molecule has 1 aliphatic rings. The molecule has 3 aromatic rings. The minimum absolute atomic E-state index is 0.00466. The van der Waals surface area contributed by atoms with Crippen LogP contribution in [-0.4, -0.2) is 50.0 Å². The van der Waals surface area contributed by atoms with Crippen molar-refractivity contribution in [1.29, 1.82) is 0 Å². The second-order valence-corrected chi connectivity index (χ2v) is 12.5. The average molecular weight is 580 g/mol. The molecule has 218 valence electrons. The molecule has 0 bridgehead atoms. The molecule has 1 unspecified atom stereocenters. The summed E-state index contributed by atoms with van der Waals surface area (Å²) in [6.45, 7) is 0.167. The van der Waals surface area contributed by atoms with E-state index in [0.717, 1.165) is 47.4 Å². The van der Waals surface area contributed by atoms with E-state index in [2.05, 4.69) is 5.32 Å². The fourth-order valence-electron chi connectivity index (χ4n) is 5.34. The van der Waals surface area contributed by atoms with Crippen molar-refractivity contribution in [3.8, 4) is 0 Å². The first-order chi connectivity index (χ1) is 19.7. The molecular weight excluding hydrogens is 541 g/mol. The SMILES string of the molecule is CS(=O)(=O)N(CCCC(=O)N(Cc1ccccc1)C(Cc1ccccc1)C(=O)NC1CCCC1)c1ccccc1F. The van der Waals surface area contributed by atoms with Gasteiger partial charge in [0, 0.05) is 32.0 Å². The Morgan fingerprint density at radius 1 is 0.902 bits per heavy atom. The van der Waals surface area contributed by atoms with E-state index in [1.807, 2.05) is 60.7 Å². The highest BCUT2D eigenvalue weighted by molar-refractivity contribution is 7.92. The van der Waals surface area contributed by atoms with E-state index in [-0.39, 0.29) is 49.5 Å². The standard InChI is InChI=1S/C32H38FN3O4S/c1-41(39,40)36(29-20-11-10-19-28(29)33)22-12-21-31(37)35(24-26-15-6-3-7-16-26)30(23-25-13-4-2-5-14-25)32(38)34-27-17-8-9-18-27/h2-7,10-11,13-16,19-20,27,30H,8-9,12,17-18,21-24H2,1H3,(H,34,38). The van der Waals surface area contributed by atoms with Crippen LogP contribution < -0.4 is 9.62 Å². The topological polar surface area (TPSA) is 86.8 Å². The number of rotatable bonds is 13. The first kappa shape index (κ1) is 30.2. The van der Waals surface area contributed by atoms with Gasteiger partial charge in [0.15, 0.2) is 0 Å². The van der Waals surface area contributed by atoms with Crippen molar-refractivity contribution in [3.05, 3.63) is 102 Å². The Bertz CT molecular complexity index is 1400. The zero-order valence-electron chi connectivity index (χ0n) is 23.4. The molecule has 0 aromatic heterocycles. The van der Waals surface area contributed by atoms with Crippen LogP contribution in [0.15, 0.2) is 84.9 Å². The summed E-state index contributed by atoms with van der Waals surface area (Å²) in [6, 6.07) is 24.1. The number of para-hydroxylation sites is 1. The second kappa shape index (κ2) is 14.3. The Morgan fingerprint density at radius 3 is 2.10 bits per heavy atom. The molecule has 41 heavy (non-hydrogen) atoms. The third kappa shape index (κ3) is 8.63. The van der Waals surface area contributed by atoms with Gasteiger partial charge in [-0.25, -0.2) is 12.8 Å². The number of amides is 2. The van der Waals surface area contributed by atoms with Gasteiger partial charge in [-0.05, 0) is 42.5 Å². The van der Waals surface area contributed by atoms with Crippen LogP contribution in [-0.2, 0) is 32.6 Å². The number of nitrogens with zero attached hydrogens (tertiary/aromatic N) is 2. The summed E-state index contributed by atoms with van der Waals surface area (Å²) in [5.74, 6) is -1.10. The van der Waals surface area contributed by atoms with Crippen LogP contribution >= 0.6 is 0 Å². The van der Waals surface area contributed by atoms with Crippen molar-refractivity contribution in [1.82, 2.24) is 10.2 Å². The number of hydrogen-bond acceptors (Lipinski definition) is 4. The van der Waals surface area contributed by atoms with Gasteiger partial charge in [-0.15, -0.1) is 0 Å². The summed E-state index contributed by atoms with van der Waals surface area (Å²) in [5, 5.41) is 3.18. The summed E-state index contributed by atoms with van der Waals surface area (Å²) in [7, 11) is -3.79. The Morgan fingerprint density at radius 2 is 1.49 bits per heavy atom. The third-order valence-corrected chi connectivity index (χ3v) is 8.62. The van der Waals surface area contributed by atoms with Crippen LogP contribution in [0.25, 0.3) is 0 Å². The molecule has 9 heteroatoms. The van der Waals surface area contributed by atoms with E-state index in [0.29, 0.717) is 6.42 Å². The number of anilines is 1. The molecule has 3 aromatic carbocycles. The first-order valence-electron chi connectivity index (χ1n) is 14.1. The van der Waals surface area contributed by atoms with Crippen LogP contribution in [0.3, 0.4) is 0 Å². The molecule has 7 nitrogen and oxygen atoms in total. The van der Waals surface area contributed by atoms with E-state index in [4.69, 9.17) is 0 Å². The van der Waals surface area contributed by atoms with Crippen LogP contribution in [0.4, 0.5) is 10.1 Å². The molecule has 2 amide bonds. The van der Waals surface area contributed by atoms with Crippen molar-refractivity contribution >= 4 is 27.5 Å². The van der Waals surface area contributed by atoms with E-state index >= 15 is 0 Å². The molecule has 1 N–H and O–H groups in total. The monoisotopic (exact) mass is 579 g/mol. The molecule has 0 aliphatic heterocycles. The van der Waals surface area contributed by atoms with Gasteiger partial charge in [0.1, 0.15) is 11.9 Å². The fraction of sp³-hybridized carbons (Fsp3) is 0.375.